The number of aromatic nitrogens is 4. The molecule has 7 nitrogen and oxygen atoms in total. The van der Waals surface area contributed by atoms with Crippen molar-refractivity contribution in [3.05, 3.63) is 70.8 Å². The molecule has 2 heterocycles. The molecule has 0 saturated heterocycles. The Hall–Kier alpha value is -3.81. The second-order valence-corrected chi connectivity index (χ2v) is 9.44. The number of rotatable bonds is 5. The molecule has 8 heteroatoms. The molecule has 35 heavy (non-hydrogen) atoms. The van der Waals surface area contributed by atoms with E-state index >= 15 is 4.39 Å². The first kappa shape index (κ1) is 23.0. The van der Waals surface area contributed by atoms with Crippen LogP contribution in [0.4, 0.5) is 10.2 Å². The number of benzene rings is 2. The van der Waals surface area contributed by atoms with E-state index in [2.05, 4.69) is 15.3 Å². The van der Waals surface area contributed by atoms with Crippen LogP contribution in [0.15, 0.2) is 42.7 Å². The van der Waals surface area contributed by atoms with Crippen molar-refractivity contribution < 1.29 is 9.18 Å². The Morgan fingerprint density at radius 2 is 1.91 bits per heavy atom. The number of aryl methyl sites for hydroxylation is 2. The van der Waals surface area contributed by atoms with E-state index < -0.39 is 11.9 Å². The molecule has 2 aromatic carbocycles. The van der Waals surface area contributed by atoms with Gasteiger partial charge < -0.3 is 11.1 Å². The third-order valence-electron chi connectivity index (χ3n) is 6.91. The predicted molar refractivity (Wildman–Crippen MR) is 134 cm³/mol. The van der Waals surface area contributed by atoms with Gasteiger partial charge in [-0.3, -0.25) is 4.79 Å². The van der Waals surface area contributed by atoms with E-state index in [-0.39, 0.29) is 11.9 Å². The molecule has 1 unspecified atom stereocenters. The summed E-state index contributed by atoms with van der Waals surface area (Å²) >= 11 is 0. The molecular formula is C27H29FN6O. The smallest absolute Gasteiger partial charge is 0.252 e. The number of nitrogens with one attached hydrogen (secondary N) is 1. The second kappa shape index (κ2) is 9.09. The summed E-state index contributed by atoms with van der Waals surface area (Å²) in [6.45, 7) is 5.60. The number of nitrogen functional groups attached to an aromatic ring is 1. The van der Waals surface area contributed by atoms with E-state index in [0.29, 0.717) is 39.2 Å². The molecule has 180 valence electrons. The fourth-order valence-electron chi connectivity index (χ4n) is 4.96. The summed E-state index contributed by atoms with van der Waals surface area (Å²) in [6, 6.07) is 10.4. The van der Waals surface area contributed by atoms with Crippen LogP contribution in [0, 0.1) is 19.7 Å². The number of nitrogens with zero attached hydrogens (tertiary/aromatic N) is 4. The summed E-state index contributed by atoms with van der Waals surface area (Å²) in [4.78, 5) is 21.4. The molecule has 0 spiro atoms. The molecule has 1 aliphatic carbocycles. The van der Waals surface area contributed by atoms with Crippen molar-refractivity contribution in [2.45, 2.75) is 58.5 Å². The van der Waals surface area contributed by atoms with Gasteiger partial charge >= 0.3 is 0 Å². The summed E-state index contributed by atoms with van der Waals surface area (Å²) in [5.41, 5.74) is 10.9. The average Bonchev–Trinajstić information content (AvgIpc) is 3.49. The highest BCUT2D eigenvalue weighted by molar-refractivity contribution is 5.98. The number of amides is 1. The average molecular weight is 473 g/mol. The Morgan fingerprint density at radius 3 is 2.66 bits per heavy atom. The second-order valence-electron chi connectivity index (χ2n) is 9.44. The number of nitrogens with two attached hydrogens (primary N) is 1. The Labute approximate surface area is 203 Å². The van der Waals surface area contributed by atoms with E-state index in [9.17, 15) is 4.79 Å². The quantitative estimate of drug-likeness (QED) is 0.403. The number of hydrogen-bond acceptors (Lipinski definition) is 5. The van der Waals surface area contributed by atoms with E-state index in [1.807, 2.05) is 42.8 Å². The lowest BCUT2D eigenvalue weighted by atomic mass is 10.0. The predicted octanol–water partition coefficient (Wildman–Crippen LogP) is 5.44. The maximum atomic E-state index is 15.3. The molecule has 5 rings (SSSR count). The van der Waals surface area contributed by atoms with Gasteiger partial charge in [0.2, 0.25) is 0 Å². The molecule has 1 amide bonds. The molecule has 0 aliphatic heterocycles. The van der Waals surface area contributed by atoms with Crippen LogP contribution in [0.25, 0.3) is 22.3 Å². The van der Waals surface area contributed by atoms with E-state index in [4.69, 9.17) is 10.8 Å². The van der Waals surface area contributed by atoms with Gasteiger partial charge in [0.15, 0.2) is 5.65 Å². The van der Waals surface area contributed by atoms with Gasteiger partial charge in [-0.15, -0.1) is 0 Å². The number of hydrogen-bond donors (Lipinski definition) is 2. The SMILES string of the molecule is Cc1ccc(C)c(C(=O)NC(C)c2ccc(-c3nn(C4CCCC4)c4ncnc(N)c34)cc2F)c1. The first-order chi connectivity index (χ1) is 16.8. The van der Waals surface area contributed by atoms with Gasteiger partial charge in [0.05, 0.1) is 17.5 Å². The topological polar surface area (TPSA) is 98.7 Å². The zero-order valence-corrected chi connectivity index (χ0v) is 20.2. The van der Waals surface area contributed by atoms with Crippen LogP contribution >= 0.6 is 0 Å². The van der Waals surface area contributed by atoms with Crippen LogP contribution in [-0.4, -0.2) is 25.7 Å². The highest BCUT2D eigenvalue weighted by atomic mass is 19.1. The van der Waals surface area contributed by atoms with Gasteiger partial charge in [-0.1, -0.05) is 42.7 Å². The first-order valence-corrected chi connectivity index (χ1v) is 12.0. The van der Waals surface area contributed by atoms with Crippen LogP contribution in [0.2, 0.25) is 0 Å². The molecule has 4 aromatic rings. The summed E-state index contributed by atoms with van der Waals surface area (Å²) in [6.07, 6.45) is 5.81. The van der Waals surface area contributed by atoms with Crippen molar-refractivity contribution in [3.63, 3.8) is 0 Å². The summed E-state index contributed by atoms with van der Waals surface area (Å²) in [5.74, 6) is -0.323. The minimum atomic E-state index is -0.516. The Morgan fingerprint density at radius 1 is 1.14 bits per heavy atom. The van der Waals surface area contributed by atoms with Gasteiger partial charge in [-0.05, 0) is 51.3 Å². The highest BCUT2D eigenvalue weighted by Crippen LogP contribution is 2.37. The Balaban J connectivity index is 1.46. The number of halogens is 1. The molecule has 0 radical (unpaired) electrons. The van der Waals surface area contributed by atoms with Crippen molar-refractivity contribution in [2.75, 3.05) is 5.73 Å². The van der Waals surface area contributed by atoms with Crippen molar-refractivity contribution in [3.8, 4) is 11.3 Å². The highest BCUT2D eigenvalue weighted by Gasteiger charge is 2.25. The Bertz CT molecular complexity index is 1420. The van der Waals surface area contributed by atoms with E-state index in [1.165, 1.54) is 12.4 Å². The summed E-state index contributed by atoms with van der Waals surface area (Å²) in [5, 5.41) is 8.39. The lowest BCUT2D eigenvalue weighted by molar-refractivity contribution is 0.0938. The van der Waals surface area contributed by atoms with Crippen LogP contribution in [0.1, 0.15) is 71.7 Å². The van der Waals surface area contributed by atoms with Crippen molar-refractivity contribution in [2.24, 2.45) is 0 Å². The maximum absolute atomic E-state index is 15.3. The monoisotopic (exact) mass is 472 g/mol. The fraction of sp³-hybridized carbons (Fsp3) is 0.333. The standard InChI is InChI=1S/C27H29FN6O/c1-15-8-9-16(2)21(12-15)27(35)32-17(3)20-11-10-18(13-22(20)28)24-23-25(29)30-14-31-26(23)34(33-24)19-6-4-5-7-19/h8-14,17,19H,4-7H2,1-3H3,(H,32,35)(H2,29,30,31). The lowest BCUT2D eigenvalue weighted by Gasteiger charge is -2.17. The number of carbonyl (C=O) groups is 1. The van der Waals surface area contributed by atoms with Gasteiger partial charge in [0, 0.05) is 16.7 Å². The molecule has 1 fully saturated rings. The van der Waals surface area contributed by atoms with Crippen LogP contribution in [-0.2, 0) is 0 Å². The van der Waals surface area contributed by atoms with Crippen molar-refractivity contribution in [1.29, 1.82) is 0 Å². The summed E-state index contributed by atoms with van der Waals surface area (Å²) < 4.78 is 17.3. The van der Waals surface area contributed by atoms with E-state index in [0.717, 1.165) is 36.8 Å². The molecular weight excluding hydrogens is 443 g/mol. The van der Waals surface area contributed by atoms with Crippen LogP contribution in [0.5, 0.6) is 0 Å². The fourth-order valence-corrected chi connectivity index (χ4v) is 4.96. The van der Waals surface area contributed by atoms with Gasteiger partial charge in [0.1, 0.15) is 23.7 Å². The van der Waals surface area contributed by atoms with Crippen LogP contribution in [0.3, 0.4) is 0 Å². The molecule has 1 saturated carbocycles. The van der Waals surface area contributed by atoms with Crippen molar-refractivity contribution >= 4 is 22.8 Å². The zero-order chi connectivity index (χ0) is 24.7. The van der Waals surface area contributed by atoms with E-state index in [1.54, 1.807) is 13.0 Å². The number of fused-ring (bicyclic) bond motifs is 1. The maximum Gasteiger partial charge on any atom is 0.252 e. The third-order valence-corrected chi connectivity index (χ3v) is 6.91. The zero-order valence-electron chi connectivity index (χ0n) is 20.2. The largest absolute Gasteiger partial charge is 0.383 e. The number of anilines is 1. The molecule has 0 bridgehead atoms. The van der Waals surface area contributed by atoms with Gasteiger partial charge in [-0.2, -0.15) is 5.10 Å². The summed E-state index contributed by atoms with van der Waals surface area (Å²) in [7, 11) is 0. The first-order valence-electron chi connectivity index (χ1n) is 12.0. The molecule has 1 atom stereocenters. The number of carbonyl (C=O) groups excluding carboxylic acids is 1. The minimum absolute atomic E-state index is 0.228. The Kier molecular flexibility index (Phi) is 5.96. The van der Waals surface area contributed by atoms with Gasteiger partial charge in [-0.25, -0.2) is 19.0 Å². The lowest BCUT2D eigenvalue weighted by Crippen LogP contribution is -2.28. The van der Waals surface area contributed by atoms with Crippen molar-refractivity contribution in [1.82, 2.24) is 25.1 Å². The normalized spacial score (nSPS) is 15.0. The molecule has 3 N–H and O–H groups in total. The van der Waals surface area contributed by atoms with Gasteiger partial charge in [0.25, 0.3) is 5.91 Å². The molecule has 1 aliphatic rings. The van der Waals surface area contributed by atoms with Crippen LogP contribution < -0.4 is 11.1 Å². The minimum Gasteiger partial charge on any atom is -0.383 e. The molecule has 2 aromatic heterocycles. The third kappa shape index (κ3) is 4.24.